The molecule has 0 fully saturated rings. The fraction of sp³-hybridized carbons (Fsp3) is 0.364. The topological polar surface area (TPSA) is 96.9 Å². The second-order valence-corrected chi connectivity index (χ2v) is 8.69. The van der Waals surface area contributed by atoms with Crippen molar-refractivity contribution in [3.8, 4) is 0 Å². The fourth-order valence-electron chi connectivity index (χ4n) is 3.68. The minimum Gasteiger partial charge on any atom is -0.308 e. The van der Waals surface area contributed by atoms with Gasteiger partial charge in [0.15, 0.2) is 10.9 Å². The molecule has 4 rings (SSSR count). The van der Waals surface area contributed by atoms with E-state index in [9.17, 15) is 9.59 Å². The second kappa shape index (κ2) is 8.70. The van der Waals surface area contributed by atoms with E-state index in [1.165, 1.54) is 11.7 Å². The van der Waals surface area contributed by atoms with Gasteiger partial charge in [0.25, 0.3) is 0 Å². The van der Waals surface area contributed by atoms with Crippen LogP contribution in [0.25, 0.3) is 32.6 Å². The van der Waals surface area contributed by atoms with Crippen LogP contribution in [-0.4, -0.2) is 72.9 Å². The number of benzene rings is 3. The standard InChI is InChI=1S/C22H26N6O2S/c1-27(2)11-9-23-17-15-16(22(30)14-8-6-5-7-13(14)21(15)29)18(24-10-12-28(3)4)20-19(17)25-31-26-20/h5-8,25-26H,9-12H2,1-4H3. The number of fused-ring (bicyclic) bond motifs is 3. The lowest BCUT2D eigenvalue weighted by molar-refractivity contribution is 0.419. The van der Waals surface area contributed by atoms with Gasteiger partial charge in [-0.2, -0.15) is 0 Å². The van der Waals surface area contributed by atoms with Crippen LogP contribution < -0.4 is 21.6 Å². The Morgan fingerprint density at radius 1 is 0.774 bits per heavy atom. The van der Waals surface area contributed by atoms with Gasteiger partial charge >= 0.3 is 0 Å². The highest BCUT2D eigenvalue weighted by molar-refractivity contribution is 7.00. The first kappa shape index (κ1) is 21.4. The van der Waals surface area contributed by atoms with Gasteiger partial charge < -0.3 is 9.80 Å². The van der Waals surface area contributed by atoms with Gasteiger partial charge in [-0.05, 0) is 28.2 Å². The number of likely N-dealkylation sites (N-methyl/N-ethyl adjacent to an activating group) is 2. The van der Waals surface area contributed by atoms with Gasteiger partial charge in [0.2, 0.25) is 0 Å². The molecule has 31 heavy (non-hydrogen) atoms. The third kappa shape index (κ3) is 3.91. The number of aromatic nitrogens is 2. The Labute approximate surface area is 182 Å². The zero-order valence-corrected chi connectivity index (χ0v) is 19.0. The fourth-order valence-corrected chi connectivity index (χ4v) is 4.33. The molecule has 1 heterocycles. The molecular weight excluding hydrogens is 412 g/mol. The molecule has 0 spiro atoms. The van der Waals surface area contributed by atoms with Crippen LogP contribution in [0.5, 0.6) is 0 Å². The van der Waals surface area contributed by atoms with Crippen LogP contribution in [-0.2, 0) is 0 Å². The van der Waals surface area contributed by atoms with Crippen molar-refractivity contribution in [2.24, 2.45) is 9.98 Å². The number of rotatable bonds is 6. The van der Waals surface area contributed by atoms with Crippen LogP contribution in [0.3, 0.4) is 0 Å². The zero-order valence-electron chi connectivity index (χ0n) is 18.2. The van der Waals surface area contributed by atoms with E-state index in [1.54, 1.807) is 24.3 Å². The molecule has 0 amide bonds. The second-order valence-electron chi connectivity index (χ2n) is 8.08. The molecule has 0 bridgehead atoms. The molecule has 1 aromatic heterocycles. The smallest absolute Gasteiger partial charge is 0.196 e. The molecule has 3 aromatic carbocycles. The maximum atomic E-state index is 13.6. The minimum absolute atomic E-state index is 0.181. The molecular formula is C22H26N6O2S. The van der Waals surface area contributed by atoms with Gasteiger partial charge in [-0.1, -0.05) is 24.3 Å². The molecule has 162 valence electrons. The first-order chi connectivity index (χ1) is 14.9. The lowest BCUT2D eigenvalue weighted by atomic mass is 10.00. The number of aromatic amines is 2. The maximum absolute atomic E-state index is 13.6. The summed E-state index contributed by atoms with van der Waals surface area (Å²) < 4.78 is 6.44. The molecule has 0 aliphatic carbocycles. The number of hydrogen-bond donors (Lipinski definition) is 2. The molecule has 9 heteroatoms. The highest BCUT2D eigenvalue weighted by atomic mass is 32.1. The third-order valence-corrected chi connectivity index (χ3v) is 5.87. The van der Waals surface area contributed by atoms with Gasteiger partial charge in [-0.3, -0.25) is 28.3 Å². The lowest BCUT2D eigenvalue weighted by Crippen LogP contribution is -2.29. The largest absolute Gasteiger partial charge is 0.308 e. The predicted molar refractivity (Wildman–Crippen MR) is 127 cm³/mol. The summed E-state index contributed by atoms with van der Waals surface area (Å²) >= 11 is 1.29. The highest BCUT2D eigenvalue weighted by Gasteiger charge is 2.18. The average molecular weight is 439 g/mol. The SMILES string of the molecule is CN(C)CCN=c1c2[nH]s[nH]c2c(=NCCN(C)C)c2c(=O)c3ccccc3c(=O)c12. The first-order valence-corrected chi connectivity index (χ1v) is 11.0. The van der Waals surface area contributed by atoms with Crippen LogP contribution in [0.15, 0.2) is 43.8 Å². The summed E-state index contributed by atoms with van der Waals surface area (Å²) in [6.45, 7) is 2.49. The van der Waals surface area contributed by atoms with Crippen molar-refractivity contribution in [3.05, 3.63) is 55.4 Å². The molecule has 0 radical (unpaired) electrons. The summed E-state index contributed by atoms with van der Waals surface area (Å²) in [5, 5.41) is 2.60. The number of nitrogens with zero attached hydrogens (tertiary/aromatic N) is 4. The summed E-state index contributed by atoms with van der Waals surface area (Å²) in [6, 6.07) is 6.98. The van der Waals surface area contributed by atoms with Crippen molar-refractivity contribution in [2.75, 3.05) is 54.4 Å². The predicted octanol–water partition coefficient (Wildman–Crippen LogP) is 0.947. The number of hydrogen-bond acceptors (Lipinski definition) is 7. The van der Waals surface area contributed by atoms with Gasteiger partial charge in [-0.25, -0.2) is 0 Å². The Balaban J connectivity index is 2.21. The van der Waals surface area contributed by atoms with E-state index in [1.807, 2.05) is 38.0 Å². The van der Waals surface area contributed by atoms with E-state index in [0.29, 0.717) is 56.4 Å². The summed E-state index contributed by atoms with van der Waals surface area (Å²) in [5.41, 5.74) is 1.07. The van der Waals surface area contributed by atoms with Crippen LogP contribution in [0, 0.1) is 0 Å². The summed E-state index contributed by atoms with van der Waals surface area (Å²) in [5.74, 6) is 0. The van der Waals surface area contributed by atoms with Crippen molar-refractivity contribution in [2.45, 2.75) is 0 Å². The molecule has 8 nitrogen and oxygen atoms in total. The Hall–Kier alpha value is -2.88. The van der Waals surface area contributed by atoms with Crippen molar-refractivity contribution < 1.29 is 0 Å². The summed E-state index contributed by atoms with van der Waals surface area (Å²) in [7, 11) is 7.90. The minimum atomic E-state index is -0.181. The van der Waals surface area contributed by atoms with E-state index in [0.717, 1.165) is 13.1 Å². The first-order valence-electron chi connectivity index (χ1n) is 10.1. The van der Waals surface area contributed by atoms with E-state index in [4.69, 9.17) is 9.98 Å². The Morgan fingerprint density at radius 2 is 1.19 bits per heavy atom. The summed E-state index contributed by atoms with van der Waals surface area (Å²) in [4.78, 5) is 40.7. The van der Waals surface area contributed by atoms with Crippen molar-refractivity contribution in [3.63, 3.8) is 0 Å². The van der Waals surface area contributed by atoms with E-state index >= 15 is 0 Å². The normalized spacial score (nSPS) is 13.6. The monoisotopic (exact) mass is 438 g/mol. The molecule has 0 aliphatic rings. The van der Waals surface area contributed by atoms with Crippen molar-refractivity contribution >= 4 is 44.3 Å². The molecule has 0 saturated heterocycles. The van der Waals surface area contributed by atoms with Crippen LogP contribution in [0.2, 0.25) is 0 Å². The number of nitrogens with one attached hydrogen (secondary N) is 2. The van der Waals surface area contributed by atoms with Crippen LogP contribution in [0.1, 0.15) is 0 Å². The Morgan fingerprint density at radius 3 is 1.58 bits per heavy atom. The Bertz CT molecular complexity index is 1390. The highest BCUT2D eigenvalue weighted by Crippen LogP contribution is 2.12. The van der Waals surface area contributed by atoms with Crippen LogP contribution in [0.4, 0.5) is 0 Å². The summed E-state index contributed by atoms with van der Waals surface area (Å²) in [6.07, 6.45) is 0. The lowest BCUT2D eigenvalue weighted by Gasteiger charge is -2.08. The van der Waals surface area contributed by atoms with Crippen molar-refractivity contribution in [1.82, 2.24) is 18.5 Å². The number of H-pyrrole nitrogens is 2. The van der Waals surface area contributed by atoms with E-state index in [2.05, 4.69) is 8.75 Å². The molecule has 0 unspecified atom stereocenters. The quantitative estimate of drug-likeness (QED) is 0.438. The maximum Gasteiger partial charge on any atom is 0.196 e. The molecule has 0 aliphatic heterocycles. The van der Waals surface area contributed by atoms with Gasteiger partial charge in [0.1, 0.15) is 11.0 Å². The zero-order chi connectivity index (χ0) is 22.1. The molecule has 0 atom stereocenters. The van der Waals surface area contributed by atoms with Gasteiger partial charge in [0.05, 0.1) is 34.6 Å². The van der Waals surface area contributed by atoms with Crippen molar-refractivity contribution in [1.29, 1.82) is 0 Å². The molecule has 4 aromatic rings. The van der Waals surface area contributed by atoms with Gasteiger partial charge in [0, 0.05) is 35.6 Å². The van der Waals surface area contributed by atoms with E-state index in [-0.39, 0.29) is 10.9 Å². The Kier molecular flexibility index (Phi) is 5.99. The third-order valence-electron chi connectivity index (χ3n) is 5.26. The molecule has 0 saturated carbocycles. The van der Waals surface area contributed by atoms with E-state index < -0.39 is 0 Å². The van der Waals surface area contributed by atoms with Gasteiger partial charge in [-0.15, -0.1) is 0 Å². The van der Waals surface area contributed by atoms with Crippen LogP contribution >= 0.6 is 11.7 Å². The average Bonchev–Trinajstić information content (AvgIpc) is 3.22. The molecule has 2 N–H and O–H groups in total.